The number of rotatable bonds is 3. The van der Waals surface area contributed by atoms with E-state index in [2.05, 4.69) is 5.32 Å². The highest BCUT2D eigenvalue weighted by Gasteiger charge is 2.27. The molecule has 8 heteroatoms. The number of hydrogen-bond donors (Lipinski definition) is 2. The second kappa shape index (κ2) is 5.69. The Kier molecular flexibility index (Phi) is 4.74. The summed E-state index contributed by atoms with van der Waals surface area (Å²) in [5.74, 6) is -3.33. The van der Waals surface area contributed by atoms with Gasteiger partial charge in [0.25, 0.3) is 5.91 Å². The minimum Gasteiger partial charge on any atom is -0.349 e. The summed E-state index contributed by atoms with van der Waals surface area (Å²) < 4.78 is 49.9. The molecular formula is C13H18F2N2O3S. The van der Waals surface area contributed by atoms with Crippen molar-refractivity contribution in [3.63, 3.8) is 0 Å². The topological polar surface area (TPSA) is 89.3 Å². The van der Waals surface area contributed by atoms with Crippen molar-refractivity contribution in [2.24, 2.45) is 10.6 Å². The zero-order valence-electron chi connectivity index (χ0n) is 12.2. The van der Waals surface area contributed by atoms with Gasteiger partial charge in [-0.25, -0.2) is 22.3 Å². The maximum atomic E-state index is 14.1. The number of sulfonamides is 1. The van der Waals surface area contributed by atoms with Crippen molar-refractivity contribution in [3.8, 4) is 0 Å². The summed E-state index contributed by atoms with van der Waals surface area (Å²) in [4.78, 5) is 11.0. The third kappa shape index (κ3) is 4.21. The summed E-state index contributed by atoms with van der Waals surface area (Å²) in [6, 6.07) is 0.731. The van der Waals surface area contributed by atoms with Crippen LogP contribution in [0.25, 0.3) is 0 Å². The van der Waals surface area contributed by atoms with Crippen LogP contribution in [0.3, 0.4) is 0 Å². The van der Waals surface area contributed by atoms with E-state index in [-0.39, 0.29) is 11.5 Å². The predicted octanol–water partition coefficient (Wildman–Crippen LogP) is 1.78. The average Bonchev–Trinajstić information content (AvgIpc) is 2.28. The van der Waals surface area contributed by atoms with Crippen molar-refractivity contribution in [2.75, 3.05) is 0 Å². The lowest BCUT2D eigenvalue weighted by atomic mass is 9.88. The summed E-state index contributed by atoms with van der Waals surface area (Å²) in [5, 5.41) is 7.30. The zero-order chi connectivity index (χ0) is 16.6. The second-order valence-corrected chi connectivity index (χ2v) is 7.40. The van der Waals surface area contributed by atoms with Gasteiger partial charge in [0, 0.05) is 6.04 Å². The van der Waals surface area contributed by atoms with Crippen LogP contribution in [0.15, 0.2) is 17.0 Å². The van der Waals surface area contributed by atoms with Crippen molar-refractivity contribution in [3.05, 3.63) is 29.3 Å². The molecule has 0 aliphatic carbocycles. The van der Waals surface area contributed by atoms with Gasteiger partial charge in [0.05, 0.1) is 5.56 Å². The lowest BCUT2D eigenvalue weighted by molar-refractivity contribution is 0.0905. The van der Waals surface area contributed by atoms with Crippen LogP contribution in [0, 0.1) is 17.0 Å². The van der Waals surface area contributed by atoms with Gasteiger partial charge in [-0.05, 0) is 24.5 Å². The normalized spacial score (nSPS) is 13.9. The largest absolute Gasteiger partial charge is 0.349 e. The molecular weight excluding hydrogens is 302 g/mol. The third-order valence-electron chi connectivity index (χ3n) is 3.20. The predicted molar refractivity (Wildman–Crippen MR) is 74.1 cm³/mol. The van der Waals surface area contributed by atoms with Gasteiger partial charge < -0.3 is 5.32 Å². The van der Waals surface area contributed by atoms with Crippen LogP contribution in [-0.4, -0.2) is 20.4 Å². The molecule has 1 rings (SSSR count). The standard InChI is InChI=1S/C13H18F2N2O3S/c1-7(13(2,3)4)17-12(18)9-5-8(14)6-10(11(9)15)21(16,19)20/h5-7H,1-4H3,(H,17,18)(H2,16,19,20). The summed E-state index contributed by atoms with van der Waals surface area (Å²) in [7, 11) is -4.46. The van der Waals surface area contributed by atoms with Crippen LogP contribution >= 0.6 is 0 Å². The summed E-state index contributed by atoms with van der Waals surface area (Å²) >= 11 is 0. The minimum absolute atomic E-state index is 0.303. The highest BCUT2D eigenvalue weighted by atomic mass is 32.2. The second-order valence-electron chi connectivity index (χ2n) is 5.87. The molecule has 21 heavy (non-hydrogen) atoms. The summed E-state index contributed by atoms with van der Waals surface area (Å²) in [6.45, 7) is 7.27. The van der Waals surface area contributed by atoms with E-state index in [0.29, 0.717) is 12.1 Å². The van der Waals surface area contributed by atoms with Crippen LogP contribution in [-0.2, 0) is 10.0 Å². The molecule has 5 nitrogen and oxygen atoms in total. The number of halogens is 2. The molecule has 0 spiro atoms. The Labute approximate surface area is 122 Å². The fourth-order valence-corrected chi connectivity index (χ4v) is 2.06. The quantitative estimate of drug-likeness (QED) is 0.889. The minimum atomic E-state index is -4.46. The molecule has 0 saturated heterocycles. The molecule has 0 aromatic heterocycles. The fourth-order valence-electron chi connectivity index (χ4n) is 1.43. The number of carbonyl (C=O) groups is 1. The number of hydrogen-bond acceptors (Lipinski definition) is 3. The Hall–Kier alpha value is -1.54. The van der Waals surface area contributed by atoms with E-state index >= 15 is 0 Å². The highest BCUT2D eigenvalue weighted by Crippen LogP contribution is 2.22. The molecule has 0 heterocycles. The van der Waals surface area contributed by atoms with Crippen molar-refractivity contribution >= 4 is 15.9 Å². The highest BCUT2D eigenvalue weighted by molar-refractivity contribution is 7.89. The Morgan fingerprint density at radius 3 is 2.24 bits per heavy atom. The van der Waals surface area contributed by atoms with Gasteiger partial charge in [-0.3, -0.25) is 4.79 Å². The Morgan fingerprint density at radius 1 is 1.29 bits per heavy atom. The number of amides is 1. The van der Waals surface area contributed by atoms with Crippen LogP contribution < -0.4 is 10.5 Å². The fraction of sp³-hybridized carbons (Fsp3) is 0.462. The Morgan fingerprint density at radius 2 is 1.81 bits per heavy atom. The number of benzene rings is 1. The molecule has 1 amide bonds. The molecule has 0 radical (unpaired) electrons. The third-order valence-corrected chi connectivity index (χ3v) is 4.11. The van der Waals surface area contributed by atoms with Gasteiger partial charge in [-0.1, -0.05) is 20.8 Å². The van der Waals surface area contributed by atoms with Crippen molar-refractivity contribution in [1.29, 1.82) is 0 Å². The number of nitrogens with one attached hydrogen (secondary N) is 1. The first-order valence-electron chi connectivity index (χ1n) is 6.16. The van der Waals surface area contributed by atoms with E-state index < -0.39 is 38.0 Å². The first-order chi connectivity index (χ1) is 9.34. The smallest absolute Gasteiger partial charge is 0.254 e. The average molecular weight is 320 g/mol. The van der Waals surface area contributed by atoms with Crippen LogP contribution in [0.4, 0.5) is 8.78 Å². The van der Waals surface area contributed by atoms with Gasteiger partial charge >= 0.3 is 0 Å². The maximum Gasteiger partial charge on any atom is 0.254 e. The van der Waals surface area contributed by atoms with Gasteiger partial charge in [0.2, 0.25) is 10.0 Å². The SMILES string of the molecule is CC(NC(=O)c1cc(F)cc(S(N)(=O)=O)c1F)C(C)(C)C. The van der Waals surface area contributed by atoms with E-state index in [4.69, 9.17) is 5.14 Å². The van der Waals surface area contributed by atoms with Crippen LogP contribution in [0.1, 0.15) is 38.1 Å². The van der Waals surface area contributed by atoms with Crippen molar-refractivity contribution in [1.82, 2.24) is 5.32 Å². The number of carbonyl (C=O) groups excluding carboxylic acids is 1. The van der Waals surface area contributed by atoms with Gasteiger partial charge in [0.15, 0.2) is 5.82 Å². The lowest BCUT2D eigenvalue weighted by Gasteiger charge is -2.28. The van der Waals surface area contributed by atoms with E-state index in [9.17, 15) is 22.0 Å². The lowest BCUT2D eigenvalue weighted by Crippen LogP contribution is -2.41. The van der Waals surface area contributed by atoms with Gasteiger partial charge in [-0.2, -0.15) is 0 Å². The number of primary sulfonamides is 1. The maximum absolute atomic E-state index is 14.1. The molecule has 1 aromatic rings. The first-order valence-corrected chi connectivity index (χ1v) is 7.71. The van der Waals surface area contributed by atoms with Crippen LogP contribution in [0.5, 0.6) is 0 Å². The molecule has 3 N–H and O–H groups in total. The van der Waals surface area contributed by atoms with E-state index in [1.54, 1.807) is 6.92 Å². The molecule has 1 aromatic carbocycles. The van der Waals surface area contributed by atoms with Gasteiger partial charge in [0.1, 0.15) is 10.7 Å². The Balaban J connectivity index is 3.26. The number of nitrogens with two attached hydrogens (primary N) is 1. The molecule has 0 fully saturated rings. The van der Waals surface area contributed by atoms with Crippen LogP contribution in [0.2, 0.25) is 0 Å². The molecule has 118 valence electrons. The molecule has 1 unspecified atom stereocenters. The van der Waals surface area contributed by atoms with Crippen molar-refractivity contribution < 1.29 is 22.0 Å². The summed E-state index contributed by atoms with van der Waals surface area (Å²) in [6.07, 6.45) is 0. The monoisotopic (exact) mass is 320 g/mol. The van der Waals surface area contributed by atoms with E-state index in [0.717, 1.165) is 0 Å². The van der Waals surface area contributed by atoms with Crippen molar-refractivity contribution in [2.45, 2.75) is 38.6 Å². The zero-order valence-corrected chi connectivity index (χ0v) is 13.0. The molecule has 0 bridgehead atoms. The Bertz CT molecular complexity index is 667. The molecule has 0 saturated carbocycles. The summed E-state index contributed by atoms with van der Waals surface area (Å²) in [5.41, 5.74) is -1.00. The van der Waals surface area contributed by atoms with E-state index in [1.807, 2.05) is 20.8 Å². The van der Waals surface area contributed by atoms with E-state index in [1.165, 1.54) is 0 Å². The molecule has 0 aliphatic rings. The molecule has 1 atom stereocenters. The molecule has 0 aliphatic heterocycles. The first kappa shape index (κ1) is 17.5. The van der Waals surface area contributed by atoms with Gasteiger partial charge in [-0.15, -0.1) is 0 Å².